The van der Waals surface area contributed by atoms with Crippen molar-refractivity contribution in [2.45, 2.75) is 52.7 Å². The fourth-order valence-corrected chi connectivity index (χ4v) is 1.73. The van der Waals surface area contributed by atoms with Gasteiger partial charge < -0.3 is 19.4 Å². The molecule has 0 saturated carbocycles. The predicted molar refractivity (Wildman–Crippen MR) is 90.2 cm³/mol. The van der Waals surface area contributed by atoms with Crippen LogP contribution in [0.25, 0.3) is 0 Å². The van der Waals surface area contributed by atoms with Crippen LogP contribution in [0.4, 0.5) is 21.1 Å². The standard InChI is InChI=1S/C16H21N3O8.Na/c1-15(2,3)26-13(22)18(14(23)27-16(4,5)6)11-10(19(24)25)7-9(8-17-11)12(20)21;/h7-8H,1-6H3,(H,20,21);/q;+1/p-1. The summed E-state index contributed by atoms with van der Waals surface area (Å²) < 4.78 is 10.2. The first-order valence-corrected chi connectivity index (χ1v) is 7.74. The topological polar surface area (TPSA) is 152 Å². The molecule has 0 atom stereocenters. The van der Waals surface area contributed by atoms with Gasteiger partial charge in [-0.05, 0) is 41.5 Å². The first-order valence-electron chi connectivity index (χ1n) is 7.74. The summed E-state index contributed by atoms with van der Waals surface area (Å²) in [6.07, 6.45) is -1.82. The van der Waals surface area contributed by atoms with Crippen LogP contribution in [0.3, 0.4) is 0 Å². The molecule has 28 heavy (non-hydrogen) atoms. The molecule has 0 spiro atoms. The first-order chi connectivity index (χ1) is 12.1. The molecule has 148 valence electrons. The average Bonchev–Trinajstić information content (AvgIpc) is 2.43. The molecular formula is C16H20N3NaO8. The molecule has 0 N–H and O–H groups in total. The van der Waals surface area contributed by atoms with Crippen LogP contribution in [0.15, 0.2) is 12.3 Å². The molecule has 2 amide bonds. The van der Waals surface area contributed by atoms with E-state index in [1.165, 1.54) is 41.5 Å². The van der Waals surface area contributed by atoms with E-state index in [4.69, 9.17) is 9.47 Å². The van der Waals surface area contributed by atoms with Crippen LogP contribution in [0.2, 0.25) is 0 Å². The normalized spacial score (nSPS) is 11.1. The number of hydrogen-bond acceptors (Lipinski definition) is 9. The Bertz CT molecular complexity index is 755. The van der Waals surface area contributed by atoms with Crippen molar-refractivity contribution >= 4 is 29.7 Å². The van der Waals surface area contributed by atoms with Gasteiger partial charge in [-0.25, -0.2) is 14.6 Å². The third kappa shape index (κ3) is 7.41. The molecule has 0 aromatic carbocycles. The molecule has 1 heterocycles. The van der Waals surface area contributed by atoms with Crippen molar-refractivity contribution in [1.29, 1.82) is 0 Å². The van der Waals surface area contributed by atoms with Crippen LogP contribution >= 0.6 is 0 Å². The molecule has 0 aliphatic heterocycles. The third-order valence-electron chi connectivity index (χ3n) is 2.64. The summed E-state index contributed by atoms with van der Waals surface area (Å²) in [6.45, 7) is 9.16. The van der Waals surface area contributed by atoms with Gasteiger partial charge in [0, 0.05) is 17.8 Å². The van der Waals surface area contributed by atoms with Crippen molar-refractivity contribution in [3.63, 3.8) is 0 Å². The van der Waals surface area contributed by atoms with Crippen LogP contribution in [0.1, 0.15) is 51.9 Å². The molecule has 1 rings (SSSR count). The number of hydrogen-bond donors (Lipinski definition) is 0. The van der Waals surface area contributed by atoms with Crippen LogP contribution in [-0.4, -0.2) is 39.3 Å². The van der Waals surface area contributed by atoms with Crippen molar-refractivity contribution < 1.29 is 63.4 Å². The Morgan fingerprint density at radius 1 is 1.04 bits per heavy atom. The molecule has 11 nitrogen and oxygen atoms in total. The largest absolute Gasteiger partial charge is 1.00 e. The molecule has 0 bridgehead atoms. The SMILES string of the molecule is CC(C)(C)OC(=O)N(C(=O)OC(C)(C)C)c1ncc(C(=O)[O-])cc1[N+](=O)[O-].[Na+]. The second-order valence-electron chi connectivity index (χ2n) is 7.41. The number of ether oxygens (including phenoxy) is 2. The smallest absolute Gasteiger partial charge is 0.545 e. The molecule has 0 radical (unpaired) electrons. The Balaban J connectivity index is 0.00000729. The van der Waals surface area contributed by atoms with Gasteiger partial charge in [-0.1, -0.05) is 0 Å². The van der Waals surface area contributed by atoms with Gasteiger partial charge in [0.15, 0.2) is 0 Å². The second kappa shape index (κ2) is 9.30. The van der Waals surface area contributed by atoms with Crippen molar-refractivity contribution in [2.24, 2.45) is 0 Å². The Kier molecular flexibility index (Phi) is 8.56. The van der Waals surface area contributed by atoms with Gasteiger partial charge in [-0.3, -0.25) is 10.1 Å². The summed E-state index contributed by atoms with van der Waals surface area (Å²) in [5.41, 5.74) is -3.57. The van der Waals surface area contributed by atoms with Crippen LogP contribution in [0, 0.1) is 10.1 Å². The first kappa shape index (κ1) is 25.8. The number of amides is 2. The number of aromatic nitrogens is 1. The van der Waals surface area contributed by atoms with Gasteiger partial charge in [0.1, 0.15) is 11.2 Å². The number of carboxylic acids is 1. The fourth-order valence-electron chi connectivity index (χ4n) is 1.73. The quantitative estimate of drug-likeness (QED) is 0.351. The Morgan fingerprint density at radius 2 is 1.46 bits per heavy atom. The predicted octanol–water partition coefficient (Wildman–Crippen LogP) is -0.966. The van der Waals surface area contributed by atoms with Crippen molar-refractivity contribution in [3.05, 3.63) is 27.9 Å². The zero-order chi connectivity index (χ0) is 21.2. The summed E-state index contributed by atoms with van der Waals surface area (Å²) in [7, 11) is 0. The maximum absolute atomic E-state index is 12.5. The number of carbonyl (C=O) groups excluding carboxylic acids is 3. The van der Waals surface area contributed by atoms with E-state index in [1.807, 2.05) is 0 Å². The number of aromatic carboxylic acids is 1. The monoisotopic (exact) mass is 405 g/mol. The van der Waals surface area contributed by atoms with Gasteiger partial charge in [0.05, 0.1) is 10.9 Å². The molecule has 0 fully saturated rings. The minimum absolute atomic E-state index is 0. The van der Waals surface area contributed by atoms with Crippen molar-refractivity contribution in [2.75, 3.05) is 4.90 Å². The van der Waals surface area contributed by atoms with Crippen LogP contribution in [0.5, 0.6) is 0 Å². The van der Waals surface area contributed by atoms with E-state index in [1.54, 1.807) is 0 Å². The number of imide groups is 1. The van der Waals surface area contributed by atoms with E-state index in [9.17, 15) is 29.6 Å². The molecule has 0 aliphatic rings. The summed E-state index contributed by atoms with van der Waals surface area (Å²) >= 11 is 0. The van der Waals surface area contributed by atoms with E-state index < -0.39 is 51.3 Å². The summed E-state index contributed by atoms with van der Waals surface area (Å²) in [5, 5.41) is 22.3. The molecule has 12 heteroatoms. The maximum Gasteiger partial charge on any atom is 1.00 e. The number of carbonyl (C=O) groups is 3. The van der Waals surface area contributed by atoms with Gasteiger partial charge in [-0.15, -0.1) is 0 Å². The van der Waals surface area contributed by atoms with E-state index in [2.05, 4.69) is 4.98 Å². The van der Waals surface area contributed by atoms with Gasteiger partial charge in [0.2, 0.25) is 5.82 Å². The van der Waals surface area contributed by atoms with Gasteiger partial charge in [-0.2, -0.15) is 4.90 Å². The molecule has 0 aliphatic carbocycles. The fraction of sp³-hybridized carbons (Fsp3) is 0.500. The molecule has 0 saturated heterocycles. The average molecular weight is 405 g/mol. The number of pyridine rings is 1. The van der Waals surface area contributed by atoms with E-state index in [0.717, 1.165) is 6.20 Å². The zero-order valence-corrected chi connectivity index (χ0v) is 18.8. The number of rotatable bonds is 3. The van der Waals surface area contributed by atoms with E-state index in [0.29, 0.717) is 6.07 Å². The zero-order valence-electron chi connectivity index (χ0n) is 16.8. The molecular weight excluding hydrogens is 385 g/mol. The minimum Gasteiger partial charge on any atom is -0.545 e. The minimum atomic E-state index is -1.71. The molecule has 0 unspecified atom stereocenters. The van der Waals surface area contributed by atoms with Crippen molar-refractivity contribution in [3.8, 4) is 0 Å². The summed E-state index contributed by atoms with van der Waals surface area (Å²) in [6, 6.07) is 0.624. The molecule has 1 aromatic heterocycles. The summed E-state index contributed by atoms with van der Waals surface area (Å²) in [5.74, 6) is -2.45. The number of nitrogens with zero attached hydrogens (tertiary/aromatic N) is 3. The number of carboxylic acid groups (broad SMARTS) is 1. The van der Waals surface area contributed by atoms with Gasteiger partial charge in [0.25, 0.3) is 0 Å². The van der Waals surface area contributed by atoms with E-state index in [-0.39, 0.29) is 34.5 Å². The van der Waals surface area contributed by atoms with Crippen LogP contribution in [-0.2, 0) is 9.47 Å². The Hall–Kier alpha value is -2.24. The van der Waals surface area contributed by atoms with Crippen LogP contribution < -0.4 is 39.6 Å². The third-order valence-corrected chi connectivity index (χ3v) is 2.64. The summed E-state index contributed by atoms with van der Waals surface area (Å²) in [4.78, 5) is 50.1. The number of nitro groups is 1. The Morgan fingerprint density at radius 3 is 1.79 bits per heavy atom. The van der Waals surface area contributed by atoms with E-state index >= 15 is 0 Å². The number of anilines is 1. The second-order valence-corrected chi connectivity index (χ2v) is 7.41. The van der Waals surface area contributed by atoms with Crippen molar-refractivity contribution in [1.82, 2.24) is 4.98 Å². The van der Waals surface area contributed by atoms with Gasteiger partial charge >= 0.3 is 47.4 Å². The molecule has 1 aromatic rings. The Labute approximate surface area is 183 Å². The maximum atomic E-state index is 12.5.